The molecule has 2 aliphatic rings. The summed E-state index contributed by atoms with van der Waals surface area (Å²) < 4.78 is 0. The first-order valence-corrected chi connectivity index (χ1v) is 13.6. The van der Waals surface area contributed by atoms with Gasteiger partial charge in [-0.05, 0) is 36.1 Å². The number of aromatic nitrogens is 2. The number of rotatable bonds is 7. The van der Waals surface area contributed by atoms with Crippen molar-refractivity contribution in [1.29, 1.82) is 0 Å². The van der Waals surface area contributed by atoms with Crippen molar-refractivity contribution in [1.82, 2.24) is 19.8 Å². The molecule has 1 aromatic heterocycles. The molecule has 6 nitrogen and oxygen atoms in total. The number of piperazine rings is 1. The van der Waals surface area contributed by atoms with Gasteiger partial charge in [-0.1, -0.05) is 65.8 Å². The first-order valence-electron chi connectivity index (χ1n) is 12.2. The lowest BCUT2D eigenvalue weighted by molar-refractivity contribution is 0.0628. The van der Waals surface area contributed by atoms with E-state index < -0.39 is 0 Å². The van der Waals surface area contributed by atoms with Crippen LogP contribution in [-0.2, 0) is 12.3 Å². The van der Waals surface area contributed by atoms with E-state index in [-0.39, 0.29) is 5.91 Å². The quantitative estimate of drug-likeness (QED) is 0.255. The maximum atomic E-state index is 13.0. The zero-order valence-corrected chi connectivity index (χ0v) is 21.3. The van der Waals surface area contributed by atoms with E-state index >= 15 is 0 Å². The van der Waals surface area contributed by atoms with Crippen molar-refractivity contribution in [3.8, 4) is 0 Å². The number of amides is 1. The first-order chi connectivity index (χ1) is 17.1. The number of nitrogens with zero attached hydrogens (tertiary/aromatic N) is 5. The zero-order valence-electron chi connectivity index (χ0n) is 19.8. The number of anilines is 1. The lowest BCUT2D eigenvalue weighted by Gasteiger charge is -2.34. The summed E-state index contributed by atoms with van der Waals surface area (Å²) in [6.45, 7) is 6.29. The van der Waals surface area contributed by atoms with Gasteiger partial charge in [0, 0.05) is 63.2 Å². The van der Waals surface area contributed by atoms with Crippen LogP contribution in [0.5, 0.6) is 0 Å². The number of carbonyl (C=O) groups is 1. The average molecular weight is 508 g/mol. The standard InChI is InChI=1S/C27H30ClN5OS/c28-24-18-25(32-12-4-5-13-32)30-27(29-24)35-20-22-8-10-23(11-9-22)26(34)33-16-14-31(15-17-33)19-21-6-2-1-3-7-21/h1-3,6-11,18H,4-5,12-17,19-20H2. The highest BCUT2D eigenvalue weighted by Crippen LogP contribution is 2.26. The van der Waals surface area contributed by atoms with Crippen LogP contribution in [-0.4, -0.2) is 64.9 Å². The Morgan fingerprint density at radius 3 is 2.29 bits per heavy atom. The fourth-order valence-electron chi connectivity index (χ4n) is 4.58. The number of carbonyl (C=O) groups excluding carboxylic acids is 1. The molecule has 0 spiro atoms. The molecule has 3 heterocycles. The molecule has 5 rings (SSSR count). The molecule has 2 aromatic carbocycles. The van der Waals surface area contributed by atoms with E-state index in [4.69, 9.17) is 16.6 Å². The van der Waals surface area contributed by atoms with E-state index in [1.807, 2.05) is 41.3 Å². The van der Waals surface area contributed by atoms with Crippen molar-refractivity contribution < 1.29 is 4.79 Å². The molecule has 0 radical (unpaired) electrons. The van der Waals surface area contributed by atoms with Gasteiger partial charge in [-0.3, -0.25) is 9.69 Å². The van der Waals surface area contributed by atoms with Crippen molar-refractivity contribution in [3.05, 3.63) is 82.5 Å². The molecular weight excluding hydrogens is 478 g/mol. The lowest BCUT2D eigenvalue weighted by atomic mass is 10.1. The average Bonchev–Trinajstić information content (AvgIpc) is 3.44. The Balaban J connectivity index is 1.13. The second-order valence-electron chi connectivity index (χ2n) is 9.07. The maximum absolute atomic E-state index is 13.0. The third-order valence-corrected chi connectivity index (χ3v) is 7.68. The van der Waals surface area contributed by atoms with Crippen LogP contribution in [0.1, 0.15) is 34.3 Å². The van der Waals surface area contributed by atoms with Crippen LogP contribution in [0.25, 0.3) is 0 Å². The van der Waals surface area contributed by atoms with Crippen LogP contribution in [0.15, 0.2) is 65.8 Å². The Morgan fingerprint density at radius 1 is 0.857 bits per heavy atom. The van der Waals surface area contributed by atoms with Gasteiger partial charge < -0.3 is 9.80 Å². The summed E-state index contributed by atoms with van der Waals surface area (Å²) in [6.07, 6.45) is 2.39. The Labute approximate surface area is 216 Å². The minimum absolute atomic E-state index is 0.108. The summed E-state index contributed by atoms with van der Waals surface area (Å²) in [5.41, 5.74) is 3.19. The van der Waals surface area contributed by atoms with E-state index in [1.54, 1.807) is 11.8 Å². The molecule has 0 unspecified atom stereocenters. The van der Waals surface area contributed by atoms with Crippen LogP contribution in [0, 0.1) is 0 Å². The Bertz CT molecular complexity index is 1130. The second-order valence-corrected chi connectivity index (χ2v) is 10.4. The van der Waals surface area contributed by atoms with Crippen LogP contribution in [0.2, 0.25) is 5.15 Å². The van der Waals surface area contributed by atoms with Crippen LogP contribution in [0.3, 0.4) is 0 Å². The lowest BCUT2D eigenvalue weighted by Crippen LogP contribution is -2.48. The molecule has 8 heteroatoms. The number of halogens is 1. The summed E-state index contributed by atoms with van der Waals surface area (Å²) in [6, 6.07) is 20.3. The fourth-order valence-corrected chi connectivity index (χ4v) is 5.62. The molecule has 3 aromatic rings. The smallest absolute Gasteiger partial charge is 0.253 e. The third kappa shape index (κ3) is 6.34. The van der Waals surface area contributed by atoms with E-state index in [0.717, 1.165) is 68.5 Å². The summed E-state index contributed by atoms with van der Waals surface area (Å²) in [5.74, 6) is 1.75. The maximum Gasteiger partial charge on any atom is 0.253 e. The van der Waals surface area contributed by atoms with Crippen molar-refractivity contribution >= 4 is 35.1 Å². The van der Waals surface area contributed by atoms with Gasteiger partial charge >= 0.3 is 0 Å². The Morgan fingerprint density at radius 2 is 1.57 bits per heavy atom. The molecular formula is C27H30ClN5OS. The molecule has 0 saturated carbocycles. The van der Waals surface area contributed by atoms with E-state index in [2.05, 4.69) is 39.0 Å². The molecule has 0 aliphatic carbocycles. The third-order valence-electron chi connectivity index (χ3n) is 6.57. The highest BCUT2D eigenvalue weighted by atomic mass is 35.5. The van der Waals surface area contributed by atoms with Gasteiger partial charge in [0.25, 0.3) is 5.91 Å². The van der Waals surface area contributed by atoms with E-state index in [0.29, 0.717) is 10.3 Å². The van der Waals surface area contributed by atoms with Gasteiger partial charge in [0.05, 0.1) is 0 Å². The largest absolute Gasteiger partial charge is 0.356 e. The monoisotopic (exact) mass is 507 g/mol. The molecule has 0 bridgehead atoms. The van der Waals surface area contributed by atoms with Crippen LogP contribution in [0.4, 0.5) is 5.82 Å². The van der Waals surface area contributed by atoms with Gasteiger partial charge in [0.2, 0.25) is 0 Å². The highest BCUT2D eigenvalue weighted by Gasteiger charge is 2.22. The van der Waals surface area contributed by atoms with Gasteiger partial charge in [0.1, 0.15) is 11.0 Å². The van der Waals surface area contributed by atoms with Crippen molar-refractivity contribution in [3.63, 3.8) is 0 Å². The predicted octanol–water partition coefficient (Wildman–Crippen LogP) is 4.98. The summed E-state index contributed by atoms with van der Waals surface area (Å²) in [7, 11) is 0. The topological polar surface area (TPSA) is 52.6 Å². The summed E-state index contributed by atoms with van der Waals surface area (Å²) in [5, 5.41) is 1.17. The molecule has 182 valence electrons. The van der Waals surface area contributed by atoms with E-state index in [1.165, 1.54) is 18.4 Å². The van der Waals surface area contributed by atoms with Gasteiger partial charge in [-0.25, -0.2) is 9.97 Å². The molecule has 0 N–H and O–H groups in total. The Hall–Kier alpha value is -2.61. The molecule has 2 fully saturated rings. The fraction of sp³-hybridized carbons (Fsp3) is 0.370. The molecule has 35 heavy (non-hydrogen) atoms. The first kappa shape index (κ1) is 24.1. The number of thioether (sulfide) groups is 1. The Kier molecular flexibility index (Phi) is 7.86. The number of benzene rings is 2. The van der Waals surface area contributed by atoms with Gasteiger partial charge in [-0.15, -0.1) is 0 Å². The van der Waals surface area contributed by atoms with Crippen molar-refractivity contribution in [2.24, 2.45) is 0 Å². The predicted molar refractivity (Wildman–Crippen MR) is 142 cm³/mol. The number of hydrogen-bond acceptors (Lipinski definition) is 6. The molecule has 1 amide bonds. The van der Waals surface area contributed by atoms with Gasteiger partial charge in [-0.2, -0.15) is 0 Å². The zero-order chi connectivity index (χ0) is 24.0. The van der Waals surface area contributed by atoms with Crippen molar-refractivity contribution in [2.75, 3.05) is 44.2 Å². The second kappa shape index (κ2) is 11.4. The van der Waals surface area contributed by atoms with Crippen LogP contribution < -0.4 is 4.90 Å². The molecule has 2 aliphatic heterocycles. The minimum atomic E-state index is 0.108. The summed E-state index contributed by atoms with van der Waals surface area (Å²) in [4.78, 5) is 28.7. The highest BCUT2D eigenvalue weighted by molar-refractivity contribution is 7.98. The van der Waals surface area contributed by atoms with Crippen LogP contribution >= 0.6 is 23.4 Å². The summed E-state index contributed by atoms with van der Waals surface area (Å²) >= 11 is 7.82. The normalized spacial score (nSPS) is 16.6. The SMILES string of the molecule is O=C(c1ccc(CSc2nc(Cl)cc(N3CCCC3)n2)cc1)N1CCN(Cc2ccccc2)CC1. The number of hydrogen-bond donors (Lipinski definition) is 0. The van der Waals surface area contributed by atoms with E-state index in [9.17, 15) is 4.79 Å². The molecule has 0 atom stereocenters. The molecule has 2 saturated heterocycles. The minimum Gasteiger partial charge on any atom is -0.356 e. The van der Waals surface area contributed by atoms with Gasteiger partial charge in [0.15, 0.2) is 5.16 Å². The van der Waals surface area contributed by atoms with Crippen molar-refractivity contribution in [2.45, 2.75) is 30.3 Å².